The fraction of sp³-hybridized carbons (Fsp3) is 0.111. The van der Waals surface area contributed by atoms with Crippen LogP contribution in [-0.2, 0) is 13.1 Å². The molecule has 162 valence electrons. The number of hydrogen-bond donors (Lipinski definition) is 1. The van der Waals surface area contributed by atoms with Crippen molar-refractivity contribution < 1.29 is 5.11 Å². The molecule has 0 spiro atoms. The van der Waals surface area contributed by atoms with E-state index in [-0.39, 0.29) is 12.1 Å². The van der Waals surface area contributed by atoms with E-state index in [0.29, 0.717) is 11.9 Å². The molecule has 0 aliphatic rings. The molecule has 6 aromatic rings. The van der Waals surface area contributed by atoms with Gasteiger partial charge in [-0.2, -0.15) is 5.10 Å². The van der Waals surface area contributed by atoms with Crippen molar-refractivity contribution >= 4 is 43.9 Å². The third-order valence-electron chi connectivity index (χ3n) is 6.08. The Morgan fingerprint density at radius 3 is 2.00 bits per heavy atom. The Labute approximate surface area is 193 Å². The van der Waals surface area contributed by atoms with Crippen molar-refractivity contribution in [2.75, 3.05) is 0 Å². The summed E-state index contributed by atoms with van der Waals surface area (Å²) in [6.45, 7) is 0.478. The minimum Gasteiger partial charge on any atom is -0.389 e. The smallest absolute Gasteiger partial charge is 0.274 e. The van der Waals surface area contributed by atoms with E-state index in [1.165, 1.54) is 4.68 Å². The molecule has 0 aliphatic heterocycles. The van der Waals surface area contributed by atoms with E-state index in [4.69, 9.17) is 0 Å². The van der Waals surface area contributed by atoms with Gasteiger partial charge < -0.3 is 9.67 Å². The van der Waals surface area contributed by atoms with Gasteiger partial charge in [-0.05, 0) is 29.6 Å². The van der Waals surface area contributed by atoms with Gasteiger partial charge in [-0.15, -0.1) is 11.3 Å². The molecule has 3 aromatic heterocycles. The number of para-hydroxylation sites is 2. The number of rotatable bonds is 5. The predicted molar refractivity (Wildman–Crippen MR) is 135 cm³/mol. The Morgan fingerprint density at radius 1 is 0.758 bits per heavy atom. The second kappa shape index (κ2) is 7.99. The first-order chi connectivity index (χ1) is 16.2. The van der Waals surface area contributed by atoms with Crippen LogP contribution in [0.15, 0.2) is 95.1 Å². The summed E-state index contributed by atoms with van der Waals surface area (Å²) in [6, 6.07) is 27.9. The number of nitrogens with zero attached hydrogens (tertiary/aromatic N) is 3. The molecule has 1 N–H and O–H groups in total. The second-order valence-corrected chi connectivity index (χ2v) is 9.11. The molecule has 0 saturated carbocycles. The molecule has 0 radical (unpaired) electrons. The molecule has 3 aromatic carbocycles. The summed E-state index contributed by atoms with van der Waals surface area (Å²) >= 11 is 1.59. The van der Waals surface area contributed by atoms with E-state index in [1.807, 2.05) is 66.0 Å². The van der Waals surface area contributed by atoms with Gasteiger partial charge >= 0.3 is 0 Å². The molecule has 0 aliphatic carbocycles. The zero-order valence-electron chi connectivity index (χ0n) is 17.8. The molecule has 0 saturated heterocycles. The summed E-state index contributed by atoms with van der Waals surface area (Å²) in [6.07, 6.45) is -0.785. The van der Waals surface area contributed by atoms with Crippen molar-refractivity contribution in [3.8, 4) is 10.6 Å². The monoisotopic (exact) mass is 451 g/mol. The minimum absolute atomic E-state index is 0.114. The Balaban J connectivity index is 1.42. The molecule has 1 atom stereocenters. The van der Waals surface area contributed by atoms with Crippen LogP contribution in [0.2, 0.25) is 0 Å². The highest BCUT2D eigenvalue weighted by Gasteiger charge is 2.17. The van der Waals surface area contributed by atoms with Gasteiger partial charge in [0.2, 0.25) is 0 Å². The average molecular weight is 452 g/mol. The number of aromatic nitrogens is 3. The number of thiophene rings is 1. The Bertz CT molecular complexity index is 1610. The Kier molecular flexibility index (Phi) is 4.82. The highest BCUT2D eigenvalue weighted by molar-refractivity contribution is 7.13. The first kappa shape index (κ1) is 19.9. The number of benzene rings is 3. The fourth-order valence-corrected chi connectivity index (χ4v) is 5.35. The van der Waals surface area contributed by atoms with Crippen LogP contribution in [0.5, 0.6) is 0 Å². The lowest BCUT2D eigenvalue weighted by Gasteiger charge is -2.16. The highest BCUT2D eigenvalue weighted by atomic mass is 32.1. The van der Waals surface area contributed by atoms with E-state index < -0.39 is 6.10 Å². The van der Waals surface area contributed by atoms with Crippen molar-refractivity contribution in [1.29, 1.82) is 0 Å². The largest absolute Gasteiger partial charge is 0.389 e. The van der Waals surface area contributed by atoms with Crippen LogP contribution in [0.1, 0.15) is 0 Å². The summed E-state index contributed by atoms with van der Waals surface area (Å²) in [5, 5.41) is 21.5. The van der Waals surface area contributed by atoms with E-state index in [2.05, 4.69) is 33.9 Å². The molecule has 5 nitrogen and oxygen atoms in total. The molecular formula is C27H21N3O2S. The lowest BCUT2D eigenvalue weighted by atomic mass is 10.1. The lowest BCUT2D eigenvalue weighted by Crippen LogP contribution is -2.31. The molecule has 0 unspecified atom stereocenters. The highest BCUT2D eigenvalue weighted by Crippen LogP contribution is 2.30. The van der Waals surface area contributed by atoms with Crippen molar-refractivity contribution in [1.82, 2.24) is 14.3 Å². The molecule has 6 rings (SSSR count). The van der Waals surface area contributed by atoms with Crippen LogP contribution in [0.3, 0.4) is 0 Å². The van der Waals surface area contributed by atoms with Crippen LogP contribution in [0, 0.1) is 0 Å². The summed E-state index contributed by atoms with van der Waals surface area (Å²) < 4.78 is 3.54. The van der Waals surface area contributed by atoms with E-state index in [1.54, 1.807) is 11.3 Å². The summed E-state index contributed by atoms with van der Waals surface area (Å²) in [5.41, 5.74) is 2.71. The van der Waals surface area contributed by atoms with Crippen molar-refractivity contribution in [3.05, 3.63) is 101 Å². The average Bonchev–Trinajstić information content (AvgIpc) is 3.49. The topological polar surface area (TPSA) is 60.1 Å². The fourth-order valence-electron chi connectivity index (χ4n) is 4.62. The van der Waals surface area contributed by atoms with Crippen LogP contribution < -0.4 is 5.56 Å². The zero-order chi connectivity index (χ0) is 22.4. The van der Waals surface area contributed by atoms with E-state index in [9.17, 15) is 9.90 Å². The number of aliphatic hydroxyl groups is 1. The molecule has 0 amide bonds. The number of fused-ring (bicyclic) bond motifs is 4. The van der Waals surface area contributed by atoms with E-state index >= 15 is 0 Å². The summed E-state index contributed by atoms with van der Waals surface area (Å²) in [5.74, 6) is 0. The molecular weight excluding hydrogens is 430 g/mol. The minimum atomic E-state index is -0.785. The van der Waals surface area contributed by atoms with Gasteiger partial charge in [0, 0.05) is 27.2 Å². The molecule has 0 fully saturated rings. The van der Waals surface area contributed by atoms with Crippen LogP contribution in [-0.4, -0.2) is 25.6 Å². The summed E-state index contributed by atoms with van der Waals surface area (Å²) in [4.78, 5) is 14.2. The SMILES string of the molecule is O=c1c2ccccc2c(-c2cccs2)nn1C[C@H](O)Cn1c2ccccc2c2ccccc21. The van der Waals surface area contributed by atoms with Crippen LogP contribution in [0.25, 0.3) is 43.1 Å². The Hall–Kier alpha value is -3.74. The molecule has 0 bridgehead atoms. The quantitative estimate of drug-likeness (QED) is 0.387. The molecule has 3 heterocycles. The first-order valence-corrected chi connectivity index (χ1v) is 11.8. The second-order valence-electron chi connectivity index (χ2n) is 8.16. The van der Waals surface area contributed by atoms with E-state index in [0.717, 1.165) is 37.8 Å². The van der Waals surface area contributed by atoms with Crippen molar-refractivity contribution in [2.24, 2.45) is 0 Å². The number of aliphatic hydroxyl groups excluding tert-OH is 1. The van der Waals surface area contributed by atoms with Crippen LogP contribution in [0.4, 0.5) is 0 Å². The normalized spacial score (nSPS) is 12.6. The van der Waals surface area contributed by atoms with Gasteiger partial charge in [-0.25, -0.2) is 4.68 Å². The van der Waals surface area contributed by atoms with Gasteiger partial charge in [-0.3, -0.25) is 4.79 Å². The summed E-state index contributed by atoms with van der Waals surface area (Å²) in [7, 11) is 0. The maximum Gasteiger partial charge on any atom is 0.274 e. The number of hydrogen-bond acceptors (Lipinski definition) is 4. The van der Waals surface area contributed by atoms with Crippen molar-refractivity contribution in [2.45, 2.75) is 19.2 Å². The van der Waals surface area contributed by atoms with Crippen molar-refractivity contribution in [3.63, 3.8) is 0 Å². The standard InChI is InChI=1S/C27H21N3O2S/c31-18(16-29-23-12-5-3-8-19(23)20-9-4-6-13-24(20)29)17-30-27(32)22-11-2-1-10-21(22)26(28-30)25-14-7-15-33-25/h1-15,18,31H,16-17H2/t18-/m1/s1. The Morgan fingerprint density at radius 2 is 1.36 bits per heavy atom. The first-order valence-electron chi connectivity index (χ1n) is 10.9. The van der Waals surface area contributed by atoms with Crippen LogP contribution >= 0.6 is 11.3 Å². The zero-order valence-corrected chi connectivity index (χ0v) is 18.6. The third kappa shape index (κ3) is 3.35. The maximum absolute atomic E-state index is 13.2. The third-order valence-corrected chi connectivity index (χ3v) is 6.96. The van der Waals surface area contributed by atoms with Gasteiger partial charge in [0.15, 0.2) is 0 Å². The molecule has 6 heteroatoms. The molecule has 33 heavy (non-hydrogen) atoms. The lowest BCUT2D eigenvalue weighted by molar-refractivity contribution is 0.131. The predicted octanol–water partition coefficient (Wildman–Crippen LogP) is 5.29. The van der Waals surface area contributed by atoms with Gasteiger partial charge in [0.25, 0.3) is 5.56 Å². The van der Waals surface area contributed by atoms with Gasteiger partial charge in [0.05, 0.1) is 29.5 Å². The van der Waals surface area contributed by atoms with Gasteiger partial charge in [-0.1, -0.05) is 60.7 Å². The maximum atomic E-state index is 13.2. The van der Waals surface area contributed by atoms with Gasteiger partial charge in [0.1, 0.15) is 5.69 Å².